The second-order valence-electron chi connectivity index (χ2n) is 2.78. The van der Waals surface area contributed by atoms with Crippen molar-refractivity contribution in [2.45, 2.75) is 19.8 Å². The Kier molecular flexibility index (Phi) is 6.38. The number of aliphatic hydroxyl groups is 1. The number of ether oxygens (including phenoxy) is 1. The van der Waals surface area contributed by atoms with Gasteiger partial charge in [-0.25, -0.2) is 4.79 Å². The average molecular weight is 172 g/mol. The zero-order valence-electron chi connectivity index (χ0n) is 7.45. The molecule has 0 aromatic carbocycles. The Labute approximate surface area is 73.0 Å². The number of carbonyl (C=O) groups excluding carboxylic acids is 1. The molecule has 0 bridgehead atoms. The van der Waals surface area contributed by atoms with Crippen molar-refractivity contribution in [2.75, 3.05) is 13.2 Å². The number of esters is 1. The first kappa shape index (κ1) is 11.2. The molecule has 0 aliphatic carbocycles. The molecule has 0 radical (unpaired) electrons. The smallest absolute Gasteiger partial charge is 0.330 e. The topological polar surface area (TPSA) is 46.5 Å². The molecule has 3 heteroatoms. The van der Waals surface area contributed by atoms with Crippen molar-refractivity contribution in [3.8, 4) is 0 Å². The molecule has 1 atom stereocenters. The lowest BCUT2D eigenvalue weighted by atomic mass is 10.1. The van der Waals surface area contributed by atoms with Crippen LogP contribution in [0, 0.1) is 5.92 Å². The molecule has 0 aromatic heterocycles. The third-order valence-electron chi connectivity index (χ3n) is 1.64. The summed E-state index contributed by atoms with van der Waals surface area (Å²) >= 11 is 0. The molecule has 1 N–H and O–H groups in total. The highest BCUT2D eigenvalue weighted by atomic mass is 16.5. The lowest BCUT2D eigenvalue weighted by molar-refractivity contribution is -0.138. The highest BCUT2D eigenvalue weighted by Crippen LogP contribution is 2.06. The summed E-state index contributed by atoms with van der Waals surface area (Å²) in [4.78, 5) is 10.6. The standard InChI is InChI=1S/C9H16O3/c1-3-9(11)12-7-5-8(2)4-6-10/h3,8,10H,1,4-7H2,2H3. The third-order valence-corrected chi connectivity index (χ3v) is 1.64. The Morgan fingerprint density at radius 3 is 2.83 bits per heavy atom. The minimum atomic E-state index is -0.383. The molecule has 12 heavy (non-hydrogen) atoms. The van der Waals surface area contributed by atoms with Crippen LogP contribution in [0.5, 0.6) is 0 Å². The van der Waals surface area contributed by atoms with Crippen molar-refractivity contribution >= 4 is 5.97 Å². The summed E-state index contributed by atoms with van der Waals surface area (Å²) in [6.07, 6.45) is 2.70. The van der Waals surface area contributed by atoms with E-state index in [1.54, 1.807) is 0 Å². The van der Waals surface area contributed by atoms with E-state index in [1.807, 2.05) is 6.92 Å². The van der Waals surface area contributed by atoms with Gasteiger partial charge in [-0.1, -0.05) is 13.5 Å². The summed E-state index contributed by atoms with van der Waals surface area (Å²) in [6.45, 7) is 5.89. The summed E-state index contributed by atoms with van der Waals surface area (Å²) in [5.74, 6) is 0.0128. The Balaban J connectivity index is 3.30. The molecule has 3 nitrogen and oxygen atoms in total. The summed E-state index contributed by atoms with van der Waals surface area (Å²) in [5.41, 5.74) is 0. The molecule has 0 rings (SSSR count). The predicted molar refractivity (Wildman–Crippen MR) is 46.6 cm³/mol. The van der Waals surface area contributed by atoms with Crippen LogP contribution in [-0.4, -0.2) is 24.3 Å². The van der Waals surface area contributed by atoms with Gasteiger partial charge >= 0.3 is 5.97 Å². The SMILES string of the molecule is C=CC(=O)OCCC(C)CCO. The first-order chi connectivity index (χ1) is 5.70. The van der Waals surface area contributed by atoms with Crippen LogP contribution in [0.15, 0.2) is 12.7 Å². The van der Waals surface area contributed by atoms with Gasteiger partial charge in [0.2, 0.25) is 0 Å². The van der Waals surface area contributed by atoms with Gasteiger partial charge < -0.3 is 9.84 Å². The van der Waals surface area contributed by atoms with E-state index in [1.165, 1.54) is 0 Å². The molecule has 0 aromatic rings. The number of rotatable bonds is 6. The Morgan fingerprint density at radius 2 is 2.33 bits per heavy atom. The molecule has 0 fully saturated rings. The van der Waals surface area contributed by atoms with Gasteiger partial charge in [0.15, 0.2) is 0 Å². The normalized spacial score (nSPS) is 12.2. The van der Waals surface area contributed by atoms with E-state index in [-0.39, 0.29) is 12.6 Å². The summed E-state index contributed by atoms with van der Waals surface area (Å²) in [6, 6.07) is 0. The first-order valence-corrected chi connectivity index (χ1v) is 4.10. The zero-order valence-corrected chi connectivity index (χ0v) is 7.45. The molecule has 0 aliphatic heterocycles. The molecule has 70 valence electrons. The van der Waals surface area contributed by atoms with E-state index < -0.39 is 0 Å². The van der Waals surface area contributed by atoms with Gasteiger partial charge in [0, 0.05) is 12.7 Å². The maximum absolute atomic E-state index is 10.6. The van der Waals surface area contributed by atoms with Crippen molar-refractivity contribution in [1.82, 2.24) is 0 Å². The van der Waals surface area contributed by atoms with E-state index in [0.717, 1.165) is 18.9 Å². The highest BCUT2D eigenvalue weighted by molar-refractivity contribution is 5.81. The molecular weight excluding hydrogens is 156 g/mol. The van der Waals surface area contributed by atoms with Crippen LogP contribution in [0.3, 0.4) is 0 Å². The van der Waals surface area contributed by atoms with Crippen LogP contribution in [0.4, 0.5) is 0 Å². The fourth-order valence-corrected chi connectivity index (χ4v) is 0.784. The minimum absolute atomic E-state index is 0.191. The van der Waals surface area contributed by atoms with Crippen LogP contribution < -0.4 is 0 Å². The minimum Gasteiger partial charge on any atom is -0.463 e. The van der Waals surface area contributed by atoms with Crippen LogP contribution >= 0.6 is 0 Å². The Morgan fingerprint density at radius 1 is 1.67 bits per heavy atom. The highest BCUT2D eigenvalue weighted by Gasteiger charge is 2.02. The van der Waals surface area contributed by atoms with E-state index in [9.17, 15) is 4.79 Å². The second kappa shape index (κ2) is 6.85. The molecule has 0 aliphatic rings. The molecule has 0 saturated carbocycles. The van der Waals surface area contributed by atoms with Gasteiger partial charge in [-0.2, -0.15) is 0 Å². The first-order valence-electron chi connectivity index (χ1n) is 4.10. The van der Waals surface area contributed by atoms with E-state index >= 15 is 0 Å². The van der Waals surface area contributed by atoms with E-state index in [2.05, 4.69) is 6.58 Å². The Bertz CT molecular complexity index is 143. The fraction of sp³-hybridized carbons (Fsp3) is 0.667. The lowest BCUT2D eigenvalue weighted by Gasteiger charge is -2.08. The van der Waals surface area contributed by atoms with Crippen LogP contribution in [0.2, 0.25) is 0 Å². The maximum atomic E-state index is 10.6. The van der Waals surface area contributed by atoms with Crippen LogP contribution in [0.25, 0.3) is 0 Å². The Hall–Kier alpha value is -0.830. The van der Waals surface area contributed by atoms with Gasteiger partial charge in [-0.05, 0) is 18.8 Å². The number of carbonyl (C=O) groups is 1. The monoisotopic (exact) mass is 172 g/mol. The fourth-order valence-electron chi connectivity index (χ4n) is 0.784. The third kappa shape index (κ3) is 5.92. The van der Waals surface area contributed by atoms with Crippen molar-refractivity contribution in [3.63, 3.8) is 0 Å². The van der Waals surface area contributed by atoms with Crippen LogP contribution in [-0.2, 0) is 9.53 Å². The lowest BCUT2D eigenvalue weighted by Crippen LogP contribution is -2.07. The van der Waals surface area contributed by atoms with E-state index in [0.29, 0.717) is 12.5 Å². The van der Waals surface area contributed by atoms with Crippen molar-refractivity contribution in [3.05, 3.63) is 12.7 Å². The van der Waals surface area contributed by atoms with Crippen LogP contribution in [0.1, 0.15) is 19.8 Å². The molecule has 0 amide bonds. The molecule has 0 spiro atoms. The maximum Gasteiger partial charge on any atom is 0.330 e. The second-order valence-corrected chi connectivity index (χ2v) is 2.78. The molecule has 1 unspecified atom stereocenters. The van der Waals surface area contributed by atoms with Crippen molar-refractivity contribution in [2.24, 2.45) is 5.92 Å². The van der Waals surface area contributed by atoms with Gasteiger partial charge in [0.1, 0.15) is 0 Å². The number of hydrogen-bond acceptors (Lipinski definition) is 3. The summed E-state index contributed by atoms with van der Waals surface area (Å²) in [7, 11) is 0. The number of aliphatic hydroxyl groups excluding tert-OH is 1. The largest absolute Gasteiger partial charge is 0.463 e. The van der Waals surface area contributed by atoms with Gasteiger partial charge in [0.25, 0.3) is 0 Å². The molecule has 0 heterocycles. The quantitative estimate of drug-likeness (QED) is 0.482. The van der Waals surface area contributed by atoms with Crippen molar-refractivity contribution < 1.29 is 14.6 Å². The zero-order chi connectivity index (χ0) is 9.40. The van der Waals surface area contributed by atoms with Gasteiger partial charge in [-0.15, -0.1) is 0 Å². The molecular formula is C9H16O3. The predicted octanol–water partition coefficient (Wildman–Crippen LogP) is 1.12. The molecule has 0 saturated heterocycles. The van der Waals surface area contributed by atoms with Gasteiger partial charge in [-0.3, -0.25) is 0 Å². The van der Waals surface area contributed by atoms with Crippen molar-refractivity contribution in [1.29, 1.82) is 0 Å². The van der Waals surface area contributed by atoms with Gasteiger partial charge in [0.05, 0.1) is 6.61 Å². The summed E-state index contributed by atoms with van der Waals surface area (Å²) < 4.78 is 4.77. The van der Waals surface area contributed by atoms with E-state index in [4.69, 9.17) is 9.84 Å². The average Bonchev–Trinajstić information content (AvgIpc) is 2.04. The summed E-state index contributed by atoms with van der Waals surface area (Å²) in [5, 5.41) is 8.57. The number of hydrogen-bond donors (Lipinski definition) is 1.